The largest absolute Gasteiger partial charge is 0.496 e. The molecule has 2 aliphatic heterocycles. The van der Waals surface area contributed by atoms with E-state index in [1.54, 1.807) is 19.9 Å². The Bertz CT molecular complexity index is 1190. The van der Waals surface area contributed by atoms with Gasteiger partial charge in [0.2, 0.25) is 0 Å². The van der Waals surface area contributed by atoms with Gasteiger partial charge in [-0.2, -0.15) is 13.2 Å². The number of hydrogen-bond acceptors (Lipinski definition) is 7. The number of ether oxygens (including phenoxy) is 3. The van der Waals surface area contributed by atoms with Gasteiger partial charge in [-0.3, -0.25) is 14.5 Å². The van der Waals surface area contributed by atoms with Crippen LogP contribution in [0.25, 0.3) is 0 Å². The zero-order valence-electron chi connectivity index (χ0n) is 24.4. The van der Waals surface area contributed by atoms with Gasteiger partial charge in [0, 0.05) is 36.3 Å². The van der Waals surface area contributed by atoms with Crippen molar-refractivity contribution in [2.24, 2.45) is 5.92 Å². The molecule has 3 rings (SSSR count). The fourth-order valence-electron chi connectivity index (χ4n) is 5.85. The molecule has 1 fully saturated rings. The van der Waals surface area contributed by atoms with Gasteiger partial charge < -0.3 is 24.2 Å². The lowest BCUT2D eigenvalue weighted by Gasteiger charge is -2.38. The Balaban J connectivity index is 2.24. The Hall–Kier alpha value is -3.12. The van der Waals surface area contributed by atoms with Crippen molar-refractivity contribution in [3.8, 4) is 5.75 Å². The molecule has 0 bridgehead atoms. The third-order valence-corrected chi connectivity index (χ3v) is 7.70. The smallest absolute Gasteiger partial charge is 0.471 e. The standard InChI is InChI=1S/C29H39F3N2O7/c1-7-8-20(26(35)36)23(33-11-13-40-14-12-33)17(4)9-10-19-24(34(16(2)3)28(38)29(30,31)32)22-21(15-41-27(22)37)18(5)25(19)39-6/h9,16,20,23H,7-8,10-15H2,1-6H3,(H,35,36)/b17-9+. The van der Waals surface area contributed by atoms with E-state index in [9.17, 15) is 32.7 Å². The summed E-state index contributed by atoms with van der Waals surface area (Å²) in [4.78, 5) is 40.6. The number of aliphatic carboxylic acids is 1. The first-order valence-electron chi connectivity index (χ1n) is 13.8. The molecule has 2 unspecified atom stereocenters. The predicted molar refractivity (Wildman–Crippen MR) is 145 cm³/mol. The number of amides is 1. The van der Waals surface area contributed by atoms with E-state index in [0.29, 0.717) is 60.7 Å². The Labute approximate surface area is 238 Å². The van der Waals surface area contributed by atoms with Gasteiger partial charge in [-0.05, 0) is 46.1 Å². The van der Waals surface area contributed by atoms with E-state index in [1.807, 2.05) is 6.92 Å². The molecule has 1 amide bonds. The fraction of sp³-hybridized carbons (Fsp3) is 0.621. The highest BCUT2D eigenvalue weighted by molar-refractivity contribution is 6.08. The predicted octanol–water partition coefficient (Wildman–Crippen LogP) is 4.67. The molecule has 2 atom stereocenters. The number of esters is 1. The van der Waals surface area contributed by atoms with Crippen molar-refractivity contribution in [3.05, 3.63) is 33.9 Å². The van der Waals surface area contributed by atoms with Gasteiger partial charge in [-0.25, -0.2) is 4.79 Å². The maximum atomic E-state index is 13.8. The van der Waals surface area contributed by atoms with Gasteiger partial charge in [0.1, 0.15) is 12.4 Å². The number of nitrogens with zero attached hydrogens (tertiary/aromatic N) is 2. The average Bonchev–Trinajstić information content (AvgIpc) is 3.30. The number of halogens is 3. The molecule has 12 heteroatoms. The number of morpholine rings is 1. The van der Waals surface area contributed by atoms with Crippen LogP contribution in [0.4, 0.5) is 18.9 Å². The van der Waals surface area contributed by atoms with Gasteiger partial charge >= 0.3 is 24.0 Å². The van der Waals surface area contributed by atoms with E-state index < -0.39 is 42.0 Å². The lowest BCUT2D eigenvalue weighted by molar-refractivity contribution is -0.170. The second-order valence-electron chi connectivity index (χ2n) is 10.7. The summed E-state index contributed by atoms with van der Waals surface area (Å²) in [7, 11) is 1.37. The minimum atomic E-state index is -5.20. The molecule has 0 radical (unpaired) electrons. The molecule has 1 N–H and O–H groups in total. The molecule has 0 aromatic heterocycles. The number of alkyl halides is 3. The third-order valence-electron chi connectivity index (χ3n) is 7.70. The number of allylic oxidation sites excluding steroid dienone is 1. The van der Waals surface area contributed by atoms with Crippen molar-refractivity contribution in [2.75, 3.05) is 38.3 Å². The van der Waals surface area contributed by atoms with Gasteiger partial charge in [0.15, 0.2) is 0 Å². The highest BCUT2D eigenvalue weighted by atomic mass is 19.4. The molecular formula is C29H39F3N2O7. The Kier molecular flexibility index (Phi) is 10.5. The minimum absolute atomic E-state index is 0.0145. The molecule has 1 aromatic rings. The lowest BCUT2D eigenvalue weighted by Crippen LogP contribution is -2.49. The number of cyclic esters (lactones) is 1. The Morgan fingerprint density at radius 2 is 1.85 bits per heavy atom. The summed E-state index contributed by atoms with van der Waals surface area (Å²) in [6.45, 7) is 10.1. The number of benzene rings is 1. The number of methoxy groups -OCH3 is 1. The van der Waals surface area contributed by atoms with E-state index in [4.69, 9.17) is 14.2 Å². The van der Waals surface area contributed by atoms with Crippen molar-refractivity contribution in [1.82, 2.24) is 4.90 Å². The summed E-state index contributed by atoms with van der Waals surface area (Å²) in [5, 5.41) is 10.1. The molecule has 0 saturated carbocycles. The number of rotatable bonds is 11. The van der Waals surface area contributed by atoms with Crippen LogP contribution in [0.3, 0.4) is 0 Å². The third kappa shape index (κ3) is 6.69. The number of anilines is 1. The summed E-state index contributed by atoms with van der Waals surface area (Å²) in [5.74, 6) is -4.34. The van der Waals surface area contributed by atoms with Crippen LogP contribution in [0.1, 0.15) is 67.6 Å². The number of hydrogen-bond donors (Lipinski definition) is 1. The molecule has 2 heterocycles. The summed E-state index contributed by atoms with van der Waals surface area (Å²) in [5.41, 5.74) is 1.54. The topological polar surface area (TPSA) is 106 Å². The van der Waals surface area contributed by atoms with Crippen LogP contribution in [0.15, 0.2) is 11.6 Å². The average molecular weight is 585 g/mol. The second-order valence-corrected chi connectivity index (χ2v) is 10.7. The summed E-state index contributed by atoms with van der Waals surface area (Å²) in [6, 6.07) is -1.44. The molecule has 1 saturated heterocycles. The summed E-state index contributed by atoms with van der Waals surface area (Å²) in [6.07, 6.45) is -2.37. The van der Waals surface area contributed by atoms with Crippen LogP contribution in [-0.4, -0.2) is 79.5 Å². The van der Waals surface area contributed by atoms with Crippen LogP contribution in [0.2, 0.25) is 0 Å². The maximum Gasteiger partial charge on any atom is 0.471 e. The minimum Gasteiger partial charge on any atom is -0.496 e. The van der Waals surface area contributed by atoms with E-state index >= 15 is 0 Å². The molecule has 9 nitrogen and oxygen atoms in total. The summed E-state index contributed by atoms with van der Waals surface area (Å²) >= 11 is 0. The molecular weight excluding hydrogens is 545 g/mol. The molecule has 41 heavy (non-hydrogen) atoms. The van der Waals surface area contributed by atoms with Gasteiger partial charge in [0.05, 0.1) is 37.5 Å². The van der Waals surface area contributed by atoms with Crippen molar-refractivity contribution in [2.45, 2.75) is 78.7 Å². The number of carboxylic acids is 1. The monoisotopic (exact) mass is 584 g/mol. The Morgan fingerprint density at radius 3 is 2.37 bits per heavy atom. The Morgan fingerprint density at radius 1 is 1.22 bits per heavy atom. The van der Waals surface area contributed by atoms with E-state index in [0.717, 1.165) is 0 Å². The molecule has 0 spiro atoms. The van der Waals surface area contributed by atoms with Gasteiger partial charge in [-0.15, -0.1) is 0 Å². The van der Waals surface area contributed by atoms with Crippen LogP contribution >= 0.6 is 0 Å². The molecule has 1 aromatic carbocycles. The van der Waals surface area contributed by atoms with Crippen molar-refractivity contribution >= 4 is 23.5 Å². The van der Waals surface area contributed by atoms with Crippen LogP contribution < -0.4 is 9.64 Å². The first-order valence-corrected chi connectivity index (χ1v) is 13.8. The normalized spacial score (nSPS) is 17.7. The number of carbonyl (C=O) groups is 3. The van der Waals surface area contributed by atoms with Crippen molar-refractivity contribution < 1.29 is 46.9 Å². The number of fused-ring (bicyclic) bond motifs is 1. The van der Waals surface area contributed by atoms with E-state index in [2.05, 4.69) is 4.90 Å². The van der Waals surface area contributed by atoms with Crippen molar-refractivity contribution in [1.29, 1.82) is 0 Å². The lowest BCUT2D eigenvalue weighted by atomic mass is 9.86. The van der Waals surface area contributed by atoms with E-state index in [-0.39, 0.29) is 35.6 Å². The zero-order valence-corrected chi connectivity index (χ0v) is 24.4. The van der Waals surface area contributed by atoms with Crippen LogP contribution in [-0.2, 0) is 32.1 Å². The SMILES string of the molecule is CCCC(C(=O)O)C(/C(C)=C/Cc1c(OC)c(C)c2c(c1N(C(=O)C(F)(F)F)C(C)C)C(=O)OC2)N1CCOCC1. The summed E-state index contributed by atoms with van der Waals surface area (Å²) < 4.78 is 57.8. The molecule has 228 valence electrons. The quantitative estimate of drug-likeness (QED) is 0.296. The van der Waals surface area contributed by atoms with Gasteiger partial charge in [0.25, 0.3) is 0 Å². The van der Waals surface area contributed by atoms with Crippen LogP contribution in [0, 0.1) is 12.8 Å². The maximum absolute atomic E-state index is 13.8. The zero-order chi connectivity index (χ0) is 30.6. The highest BCUT2D eigenvalue weighted by Gasteiger charge is 2.47. The van der Waals surface area contributed by atoms with E-state index in [1.165, 1.54) is 21.0 Å². The first kappa shape index (κ1) is 32.4. The fourth-order valence-corrected chi connectivity index (χ4v) is 5.85. The number of carbonyl (C=O) groups excluding carboxylic acids is 2. The molecule has 0 aliphatic carbocycles. The van der Waals surface area contributed by atoms with Crippen LogP contribution in [0.5, 0.6) is 5.75 Å². The second kappa shape index (κ2) is 13.2. The first-order chi connectivity index (χ1) is 19.3. The molecule has 2 aliphatic rings. The number of carboxylic acid groups (broad SMARTS) is 1. The van der Waals surface area contributed by atoms with Crippen molar-refractivity contribution in [3.63, 3.8) is 0 Å². The van der Waals surface area contributed by atoms with Gasteiger partial charge in [-0.1, -0.05) is 25.0 Å². The highest BCUT2D eigenvalue weighted by Crippen LogP contribution is 2.45.